The third-order valence-corrected chi connectivity index (χ3v) is 3.58. The van der Waals surface area contributed by atoms with Crippen LogP contribution in [0.3, 0.4) is 0 Å². The van der Waals surface area contributed by atoms with Crippen molar-refractivity contribution < 1.29 is 19.1 Å². The van der Waals surface area contributed by atoms with Gasteiger partial charge in [0.1, 0.15) is 11.5 Å². The Hall–Kier alpha value is -2.54. The molecule has 0 atom stereocenters. The normalized spacial score (nSPS) is 9.92. The molecule has 0 aliphatic carbocycles. The van der Waals surface area contributed by atoms with Crippen LogP contribution in [0.1, 0.15) is 5.56 Å². The fraction of sp³-hybridized carbons (Fsp3) is 0.176. The quantitative estimate of drug-likeness (QED) is 0.739. The third-order valence-electron chi connectivity index (χ3n) is 3.05. The number of hydrogen-bond donors (Lipinski definition) is 2. The number of nitrogens with one attached hydrogen (secondary N) is 2. The van der Waals surface area contributed by atoms with E-state index in [9.17, 15) is 9.59 Å². The molecule has 2 rings (SSSR count). The Labute approximate surface area is 148 Å². The molecule has 0 fully saturated rings. The van der Waals surface area contributed by atoms with Crippen LogP contribution in [-0.2, 0) is 16.0 Å². The molecule has 0 saturated heterocycles. The highest BCUT2D eigenvalue weighted by Gasteiger charge is 2.07. The number of hydrazine groups is 1. The van der Waals surface area contributed by atoms with Gasteiger partial charge in [0.2, 0.25) is 5.91 Å². The molecule has 0 spiro atoms. The first-order valence-electron chi connectivity index (χ1n) is 7.16. The summed E-state index contributed by atoms with van der Waals surface area (Å²) in [5.41, 5.74) is 5.47. The van der Waals surface area contributed by atoms with Crippen LogP contribution < -0.4 is 20.3 Å². The molecule has 2 aromatic carbocycles. The van der Waals surface area contributed by atoms with E-state index >= 15 is 0 Å². The van der Waals surface area contributed by atoms with Gasteiger partial charge in [0.15, 0.2) is 6.61 Å². The molecule has 2 aromatic rings. The minimum absolute atomic E-state index is 0.151. The van der Waals surface area contributed by atoms with Gasteiger partial charge < -0.3 is 9.47 Å². The number of benzene rings is 2. The third kappa shape index (κ3) is 5.92. The van der Waals surface area contributed by atoms with Crippen LogP contribution in [0, 0.1) is 0 Å². The van der Waals surface area contributed by atoms with Crippen molar-refractivity contribution >= 4 is 27.7 Å². The topological polar surface area (TPSA) is 76.7 Å². The van der Waals surface area contributed by atoms with Crippen molar-refractivity contribution in [2.24, 2.45) is 0 Å². The molecule has 0 bridgehead atoms. The van der Waals surface area contributed by atoms with E-state index in [1.54, 1.807) is 43.5 Å². The summed E-state index contributed by atoms with van der Waals surface area (Å²) < 4.78 is 11.3. The van der Waals surface area contributed by atoms with Crippen molar-refractivity contribution in [3.05, 3.63) is 58.6 Å². The van der Waals surface area contributed by atoms with Gasteiger partial charge in [-0.1, -0.05) is 28.1 Å². The van der Waals surface area contributed by atoms with Gasteiger partial charge >= 0.3 is 0 Å². The fourth-order valence-corrected chi connectivity index (χ4v) is 2.09. The highest BCUT2D eigenvalue weighted by Crippen LogP contribution is 2.15. The lowest BCUT2D eigenvalue weighted by molar-refractivity contribution is -0.129. The summed E-state index contributed by atoms with van der Waals surface area (Å²) in [6.07, 6.45) is 0.151. The number of carbonyl (C=O) groups is 2. The zero-order chi connectivity index (χ0) is 17.4. The van der Waals surface area contributed by atoms with E-state index in [-0.39, 0.29) is 18.9 Å². The highest BCUT2D eigenvalue weighted by atomic mass is 79.9. The van der Waals surface area contributed by atoms with Gasteiger partial charge in [-0.3, -0.25) is 20.4 Å². The number of methoxy groups -OCH3 is 1. The molecule has 7 heteroatoms. The molecule has 0 aliphatic rings. The second-order valence-electron chi connectivity index (χ2n) is 4.86. The van der Waals surface area contributed by atoms with Crippen LogP contribution in [0.15, 0.2) is 53.0 Å². The Bertz CT molecular complexity index is 687. The monoisotopic (exact) mass is 392 g/mol. The molecule has 0 radical (unpaired) electrons. The Morgan fingerprint density at radius 2 is 1.50 bits per heavy atom. The summed E-state index contributed by atoms with van der Waals surface area (Å²) >= 11 is 3.31. The molecule has 0 unspecified atom stereocenters. The Morgan fingerprint density at radius 3 is 2.12 bits per heavy atom. The number of carbonyl (C=O) groups excluding carboxylic acids is 2. The molecule has 6 nitrogen and oxygen atoms in total. The van der Waals surface area contributed by atoms with Crippen LogP contribution in [0.2, 0.25) is 0 Å². The predicted octanol–water partition coefficient (Wildman–Crippen LogP) is 2.23. The van der Waals surface area contributed by atoms with E-state index in [1.165, 1.54) is 0 Å². The van der Waals surface area contributed by atoms with Crippen LogP contribution >= 0.6 is 15.9 Å². The first kappa shape index (κ1) is 17.8. The summed E-state index contributed by atoms with van der Waals surface area (Å²) in [5, 5.41) is 0. The van der Waals surface area contributed by atoms with Gasteiger partial charge in [-0.2, -0.15) is 0 Å². The molecule has 2 N–H and O–H groups in total. The summed E-state index contributed by atoms with van der Waals surface area (Å²) in [5.74, 6) is 0.522. The Balaban J connectivity index is 1.70. The van der Waals surface area contributed by atoms with Crippen molar-refractivity contribution in [2.45, 2.75) is 6.42 Å². The second-order valence-corrected chi connectivity index (χ2v) is 5.78. The van der Waals surface area contributed by atoms with E-state index in [1.807, 2.05) is 12.1 Å². The average molecular weight is 393 g/mol. The van der Waals surface area contributed by atoms with E-state index < -0.39 is 5.91 Å². The smallest absolute Gasteiger partial charge is 0.276 e. The van der Waals surface area contributed by atoms with E-state index in [4.69, 9.17) is 9.47 Å². The van der Waals surface area contributed by atoms with Crippen LogP contribution in [0.25, 0.3) is 0 Å². The lowest BCUT2D eigenvalue weighted by Gasteiger charge is -2.09. The van der Waals surface area contributed by atoms with E-state index in [2.05, 4.69) is 26.8 Å². The zero-order valence-corrected chi connectivity index (χ0v) is 14.6. The van der Waals surface area contributed by atoms with Crippen LogP contribution in [0.4, 0.5) is 0 Å². The minimum Gasteiger partial charge on any atom is -0.497 e. The zero-order valence-electron chi connectivity index (χ0n) is 13.0. The summed E-state index contributed by atoms with van der Waals surface area (Å²) in [6.45, 7) is -0.190. The number of amides is 2. The van der Waals surface area contributed by atoms with Gasteiger partial charge in [-0.25, -0.2) is 0 Å². The van der Waals surface area contributed by atoms with Crippen molar-refractivity contribution in [3.8, 4) is 11.5 Å². The van der Waals surface area contributed by atoms with Gasteiger partial charge in [0.05, 0.1) is 13.5 Å². The second kappa shape index (κ2) is 8.93. The Kier molecular flexibility index (Phi) is 6.62. The number of rotatable bonds is 6. The maximum absolute atomic E-state index is 11.8. The number of hydrogen-bond acceptors (Lipinski definition) is 4. The van der Waals surface area contributed by atoms with Crippen LogP contribution in [-0.4, -0.2) is 25.5 Å². The van der Waals surface area contributed by atoms with Gasteiger partial charge in [-0.05, 0) is 42.0 Å². The summed E-state index contributed by atoms with van der Waals surface area (Å²) in [7, 11) is 1.58. The van der Waals surface area contributed by atoms with Crippen molar-refractivity contribution in [3.63, 3.8) is 0 Å². The SMILES string of the molecule is COc1ccc(CC(=O)NNC(=O)COc2ccc(Br)cc2)cc1. The lowest BCUT2D eigenvalue weighted by atomic mass is 10.1. The molecular formula is C17H17BrN2O4. The molecule has 24 heavy (non-hydrogen) atoms. The first-order valence-corrected chi connectivity index (χ1v) is 7.95. The first-order chi connectivity index (χ1) is 11.6. The molecule has 0 aliphatic heterocycles. The maximum Gasteiger partial charge on any atom is 0.276 e. The molecule has 2 amide bonds. The number of ether oxygens (including phenoxy) is 2. The largest absolute Gasteiger partial charge is 0.497 e. The van der Waals surface area contributed by atoms with E-state index in [0.29, 0.717) is 5.75 Å². The fourth-order valence-electron chi connectivity index (χ4n) is 1.83. The Morgan fingerprint density at radius 1 is 0.917 bits per heavy atom. The van der Waals surface area contributed by atoms with Gasteiger partial charge in [0.25, 0.3) is 5.91 Å². The predicted molar refractivity (Wildman–Crippen MR) is 92.6 cm³/mol. The van der Waals surface area contributed by atoms with Gasteiger partial charge in [-0.15, -0.1) is 0 Å². The molecular weight excluding hydrogens is 376 g/mol. The average Bonchev–Trinajstić information content (AvgIpc) is 2.60. The summed E-state index contributed by atoms with van der Waals surface area (Å²) in [6, 6.07) is 14.2. The number of halogens is 1. The van der Waals surface area contributed by atoms with E-state index in [0.717, 1.165) is 15.8 Å². The maximum atomic E-state index is 11.8. The van der Waals surface area contributed by atoms with Crippen molar-refractivity contribution in [1.82, 2.24) is 10.9 Å². The molecule has 0 heterocycles. The lowest BCUT2D eigenvalue weighted by Crippen LogP contribution is -2.44. The molecule has 0 aromatic heterocycles. The standard InChI is InChI=1S/C17H17BrN2O4/c1-23-14-6-2-12(3-7-14)10-16(21)19-20-17(22)11-24-15-8-4-13(18)5-9-15/h2-9H,10-11H2,1H3,(H,19,21)(H,20,22). The highest BCUT2D eigenvalue weighted by molar-refractivity contribution is 9.10. The minimum atomic E-state index is -0.444. The molecule has 0 saturated carbocycles. The van der Waals surface area contributed by atoms with Crippen molar-refractivity contribution in [2.75, 3.05) is 13.7 Å². The molecule has 126 valence electrons. The van der Waals surface area contributed by atoms with Crippen molar-refractivity contribution in [1.29, 1.82) is 0 Å². The summed E-state index contributed by atoms with van der Waals surface area (Å²) in [4.78, 5) is 23.4. The van der Waals surface area contributed by atoms with Crippen LogP contribution in [0.5, 0.6) is 11.5 Å². The van der Waals surface area contributed by atoms with Gasteiger partial charge in [0, 0.05) is 4.47 Å².